The van der Waals surface area contributed by atoms with Gasteiger partial charge in [0.05, 0.1) is 0 Å². The minimum absolute atomic E-state index is 0.211. The monoisotopic (exact) mass is 737 g/mol. The van der Waals surface area contributed by atoms with Gasteiger partial charge in [0.15, 0.2) is 0 Å². The van der Waals surface area contributed by atoms with Crippen molar-refractivity contribution in [3.8, 4) is 33.4 Å². The fourth-order valence-electron chi connectivity index (χ4n) is 10.4. The summed E-state index contributed by atoms with van der Waals surface area (Å²) in [6.07, 6.45) is 0. The summed E-state index contributed by atoms with van der Waals surface area (Å²) in [6, 6.07) is 81.3. The highest BCUT2D eigenvalue weighted by Gasteiger charge is 2.32. The van der Waals surface area contributed by atoms with Crippen LogP contribution in [0.5, 0.6) is 0 Å². The molecule has 272 valence electrons. The Kier molecular flexibility index (Phi) is 7.50. The number of hydrogen-bond donors (Lipinski definition) is 0. The molecule has 1 nitrogen and oxygen atoms in total. The van der Waals surface area contributed by atoms with E-state index in [0.717, 1.165) is 17.1 Å². The Hall–Kier alpha value is -7.22. The molecule has 9 aromatic rings. The van der Waals surface area contributed by atoms with Crippen LogP contribution in [0.25, 0.3) is 33.4 Å². The minimum atomic E-state index is 0.211. The van der Waals surface area contributed by atoms with Crippen LogP contribution in [0.15, 0.2) is 218 Å². The number of benzene rings is 9. The predicted molar refractivity (Wildman–Crippen MR) is 240 cm³/mol. The largest absolute Gasteiger partial charge is 0.311 e. The van der Waals surface area contributed by atoms with E-state index in [1.165, 1.54) is 83.5 Å². The van der Waals surface area contributed by atoms with Crippen LogP contribution in [-0.4, -0.2) is 0 Å². The van der Waals surface area contributed by atoms with E-state index in [1.54, 1.807) is 0 Å². The SMILES string of the molecule is c1ccc2c(c1)-c1ccccc1C2c1ccc(N(c2ccc(C3c4ccccc4-c4ccccc43)cc2)c2ccc(C3c4ccccc4-c4ccccc43)cc2)cc1. The van der Waals surface area contributed by atoms with Crippen LogP contribution in [0.2, 0.25) is 0 Å². The molecular formula is C57H39N. The second kappa shape index (κ2) is 13.2. The summed E-state index contributed by atoms with van der Waals surface area (Å²) in [7, 11) is 0. The predicted octanol–water partition coefficient (Wildman–Crippen LogP) is 14.6. The molecule has 0 saturated carbocycles. The molecule has 0 spiro atoms. The Labute approximate surface area is 340 Å². The molecule has 0 amide bonds. The van der Waals surface area contributed by atoms with Crippen molar-refractivity contribution in [2.75, 3.05) is 4.90 Å². The van der Waals surface area contributed by atoms with Crippen LogP contribution in [0.4, 0.5) is 17.1 Å². The van der Waals surface area contributed by atoms with Gasteiger partial charge in [0.1, 0.15) is 0 Å². The molecule has 3 aliphatic carbocycles. The molecule has 0 fully saturated rings. The van der Waals surface area contributed by atoms with Gasteiger partial charge in [-0.1, -0.05) is 182 Å². The first-order valence-electron chi connectivity index (χ1n) is 20.4. The lowest BCUT2D eigenvalue weighted by Gasteiger charge is -2.27. The van der Waals surface area contributed by atoms with Gasteiger partial charge < -0.3 is 4.90 Å². The molecule has 1 heteroatoms. The average molecular weight is 738 g/mol. The Morgan fingerprint density at radius 3 is 0.603 bits per heavy atom. The van der Waals surface area contributed by atoms with Crippen molar-refractivity contribution in [2.24, 2.45) is 0 Å². The highest BCUT2D eigenvalue weighted by molar-refractivity contribution is 5.84. The van der Waals surface area contributed by atoms with Gasteiger partial charge in [-0.3, -0.25) is 0 Å². The van der Waals surface area contributed by atoms with Gasteiger partial charge in [-0.15, -0.1) is 0 Å². The number of hydrogen-bond acceptors (Lipinski definition) is 1. The summed E-state index contributed by atoms with van der Waals surface area (Å²) in [5.41, 5.74) is 23.7. The normalized spacial score (nSPS) is 13.7. The minimum Gasteiger partial charge on any atom is -0.311 e. The number of anilines is 3. The maximum atomic E-state index is 2.42. The second-order valence-electron chi connectivity index (χ2n) is 15.9. The summed E-state index contributed by atoms with van der Waals surface area (Å²) in [5.74, 6) is 0.633. The number of fused-ring (bicyclic) bond motifs is 9. The molecule has 0 bridgehead atoms. The lowest BCUT2D eigenvalue weighted by molar-refractivity contribution is 1.01. The molecule has 0 atom stereocenters. The quantitative estimate of drug-likeness (QED) is 0.164. The van der Waals surface area contributed by atoms with Gasteiger partial charge in [-0.25, -0.2) is 0 Å². The maximum Gasteiger partial charge on any atom is 0.0461 e. The van der Waals surface area contributed by atoms with Crippen LogP contribution in [0.3, 0.4) is 0 Å². The highest BCUT2D eigenvalue weighted by Crippen LogP contribution is 2.51. The first-order valence-corrected chi connectivity index (χ1v) is 20.4. The first-order chi connectivity index (χ1) is 28.8. The topological polar surface area (TPSA) is 3.24 Å². The van der Waals surface area contributed by atoms with Crippen LogP contribution in [0, 0.1) is 0 Å². The van der Waals surface area contributed by atoms with E-state index in [0.29, 0.717) is 0 Å². The van der Waals surface area contributed by atoms with E-state index in [2.05, 4.69) is 223 Å². The smallest absolute Gasteiger partial charge is 0.0461 e. The zero-order valence-corrected chi connectivity index (χ0v) is 32.0. The van der Waals surface area contributed by atoms with E-state index >= 15 is 0 Å². The summed E-state index contributed by atoms with van der Waals surface area (Å²) >= 11 is 0. The van der Waals surface area contributed by atoms with Crippen molar-refractivity contribution in [2.45, 2.75) is 17.8 Å². The van der Waals surface area contributed by atoms with E-state index in [-0.39, 0.29) is 17.8 Å². The van der Waals surface area contributed by atoms with Crippen LogP contribution >= 0.6 is 0 Å². The standard InChI is InChI=1S/C57H39N/c1-7-19-49-43(13-1)44-14-2-8-20-50(44)55(49)37-25-31-40(32-26-37)58(41-33-27-38(28-34-41)56-51-21-9-3-15-45(51)46-16-4-10-22-52(46)56)42-35-29-39(30-36-42)57-53-23-11-5-17-47(53)48-18-6-12-24-54(48)57/h1-36,55-57H. The molecule has 0 saturated heterocycles. The Bertz CT molecular complexity index is 2540. The lowest BCUT2D eigenvalue weighted by atomic mass is 9.88. The fourth-order valence-corrected chi connectivity index (χ4v) is 10.4. The molecule has 0 unspecified atom stereocenters. The Balaban J connectivity index is 0.948. The molecule has 58 heavy (non-hydrogen) atoms. The van der Waals surface area contributed by atoms with Gasteiger partial charge in [0.25, 0.3) is 0 Å². The molecule has 0 N–H and O–H groups in total. The molecule has 12 rings (SSSR count). The summed E-state index contributed by atoms with van der Waals surface area (Å²) < 4.78 is 0. The Morgan fingerprint density at radius 1 is 0.207 bits per heavy atom. The zero-order chi connectivity index (χ0) is 38.2. The van der Waals surface area contributed by atoms with Crippen LogP contribution in [0.1, 0.15) is 67.8 Å². The van der Waals surface area contributed by atoms with Gasteiger partial charge in [-0.2, -0.15) is 0 Å². The van der Waals surface area contributed by atoms with Crippen molar-refractivity contribution >= 4 is 17.1 Å². The summed E-state index contributed by atoms with van der Waals surface area (Å²) in [4.78, 5) is 2.42. The molecule has 9 aromatic carbocycles. The maximum absolute atomic E-state index is 2.42. The average Bonchev–Trinajstić information content (AvgIpc) is 3.93. The van der Waals surface area contributed by atoms with E-state index in [1.807, 2.05) is 0 Å². The van der Waals surface area contributed by atoms with Crippen molar-refractivity contribution < 1.29 is 0 Å². The highest BCUT2D eigenvalue weighted by atomic mass is 15.1. The van der Waals surface area contributed by atoms with Gasteiger partial charge >= 0.3 is 0 Å². The van der Waals surface area contributed by atoms with Crippen LogP contribution < -0.4 is 4.90 Å². The third kappa shape index (κ3) is 5.03. The van der Waals surface area contributed by atoms with Crippen molar-refractivity contribution in [1.29, 1.82) is 0 Å². The van der Waals surface area contributed by atoms with Crippen molar-refractivity contribution in [3.05, 3.63) is 268 Å². The third-order valence-electron chi connectivity index (χ3n) is 13.0. The molecule has 0 radical (unpaired) electrons. The lowest BCUT2D eigenvalue weighted by Crippen LogP contribution is -2.11. The van der Waals surface area contributed by atoms with Gasteiger partial charge in [0.2, 0.25) is 0 Å². The molecule has 0 aliphatic heterocycles. The number of nitrogens with zero attached hydrogens (tertiary/aromatic N) is 1. The molecule has 0 heterocycles. The fraction of sp³-hybridized carbons (Fsp3) is 0.0526. The third-order valence-corrected chi connectivity index (χ3v) is 13.0. The zero-order valence-electron chi connectivity index (χ0n) is 32.0. The van der Waals surface area contributed by atoms with Crippen molar-refractivity contribution in [3.63, 3.8) is 0 Å². The van der Waals surface area contributed by atoms with Gasteiger partial charge in [-0.05, 0) is 120 Å². The van der Waals surface area contributed by atoms with E-state index in [4.69, 9.17) is 0 Å². The summed E-state index contributed by atoms with van der Waals surface area (Å²) in [5, 5.41) is 0. The van der Waals surface area contributed by atoms with Crippen molar-refractivity contribution in [1.82, 2.24) is 0 Å². The second-order valence-corrected chi connectivity index (χ2v) is 15.9. The number of rotatable bonds is 6. The summed E-state index contributed by atoms with van der Waals surface area (Å²) in [6.45, 7) is 0. The van der Waals surface area contributed by atoms with Crippen LogP contribution in [-0.2, 0) is 0 Å². The van der Waals surface area contributed by atoms with Gasteiger partial charge in [0, 0.05) is 34.8 Å². The molecule has 3 aliphatic rings. The first kappa shape index (κ1) is 33.0. The van der Waals surface area contributed by atoms with E-state index < -0.39 is 0 Å². The molecule has 0 aromatic heterocycles. The molecular weight excluding hydrogens is 699 g/mol. The van der Waals surface area contributed by atoms with E-state index in [9.17, 15) is 0 Å². The Morgan fingerprint density at radius 2 is 0.397 bits per heavy atom.